The van der Waals surface area contributed by atoms with E-state index in [0.29, 0.717) is 23.1 Å². The van der Waals surface area contributed by atoms with E-state index in [9.17, 15) is 9.18 Å². The molecule has 0 radical (unpaired) electrons. The van der Waals surface area contributed by atoms with Crippen LogP contribution in [0, 0.1) is 11.7 Å². The van der Waals surface area contributed by atoms with E-state index in [0.717, 1.165) is 32.2 Å². The SMILES string of the molecule is O=C(Cc1nc(-c2ccc(Cl)c(F)c2)nn1CC1CC1)N[C@H]1CCc2ccccc21.S. The Balaban J connectivity index is 0.00000231. The Morgan fingerprint density at radius 3 is 2.77 bits per heavy atom. The smallest absolute Gasteiger partial charge is 0.228 e. The highest BCUT2D eigenvalue weighted by Gasteiger charge is 2.27. The van der Waals surface area contributed by atoms with Crippen molar-refractivity contribution >= 4 is 31.0 Å². The molecule has 2 aliphatic rings. The summed E-state index contributed by atoms with van der Waals surface area (Å²) in [5.41, 5.74) is 3.05. The minimum atomic E-state index is -0.507. The third-order valence-electron chi connectivity index (χ3n) is 5.84. The molecule has 1 amide bonds. The second-order valence-electron chi connectivity index (χ2n) is 8.14. The van der Waals surface area contributed by atoms with Crippen molar-refractivity contribution in [2.45, 2.75) is 44.7 Å². The zero-order chi connectivity index (χ0) is 20.7. The minimum absolute atomic E-state index is 0. The molecule has 1 fully saturated rings. The van der Waals surface area contributed by atoms with Crippen LogP contribution in [-0.4, -0.2) is 20.7 Å². The van der Waals surface area contributed by atoms with Crippen molar-refractivity contribution in [3.8, 4) is 11.4 Å². The highest BCUT2D eigenvalue weighted by atomic mass is 35.5. The first kappa shape index (κ1) is 21.8. The number of nitrogens with zero attached hydrogens (tertiary/aromatic N) is 3. The molecule has 31 heavy (non-hydrogen) atoms. The zero-order valence-electron chi connectivity index (χ0n) is 16.9. The number of nitrogens with one attached hydrogen (secondary N) is 1. The van der Waals surface area contributed by atoms with Gasteiger partial charge in [0.25, 0.3) is 0 Å². The number of benzene rings is 2. The lowest BCUT2D eigenvalue weighted by atomic mass is 10.1. The van der Waals surface area contributed by atoms with Crippen molar-refractivity contribution in [1.29, 1.82) is 0 Å². The van der Waals surface area contributed by atoms with Gasteiger partial charge >= 0.3 is 0 Å². The Morgan fingerprint density at radius 1 is 1.19 bits per heavy atom. The first-order valence-electron chi connectivity index (χ1n) is 10.3. The first-order valence-corrected chi connectivity index (χ1v) is 10.7. The highest BCUT2D eigenvalue weighted by molar-refractivity contribution is 7.59. The van der Waals surface area contributed by atoms with Gasteiger partial charge in [-0.15, -0.1) is 0 Å². The van der Waals surface area contributed by atoms with Gasteiger partial charge in [0.05, 0.1) is 17.5 Å². The Morgan fingerprint density at radius 2 is 2.00 bits per heavy atom. The molecule has 3 aromatic rings. The fraction of sp³-hybridized carbons (Fsp3) is 0.348. The van der Waals surface area contributed by atoms with E-state index in [-0.39, 0.29) is 36.9 Å². The van der Waals surface area contributed by atoms with Gasteiger partial charge in [0.15, 0.2) is 5.82 Å². The molecule has 5 rings (SSSR count). The minimum Gasteiger partial charge on any atom is -0.349 e. The van der Waals surface area contributed by atoms with E-state index >= 15 is 0 Å². The zero-order valence-corrected chi connectivity index (χ0v) is 18.7. The third kappa shape index (κ3) is 4.77. The number of aromatic nitrogens is 3. The van der Waals surface area contributed by atoms with Crippen LogP contribution in [0.4, 0.5) is 4.39 Å². The Bertz CT molecular complexity index is 1110. The molecule has 162 valence electrons. The molecule has 0 spiro atoms. The lowest BCUT2D eigenvalue weighted by Crippen LogP contribution is -2.29. The molecule has 0 saturated heterocycles. The van der Waals surface area contributed by atoms with Crippen LogP contribution in [0.1, 0.15) is 42.3 Å². The van der Waals surface area contributed by atoms with Gasteiger partial charge < -0.3 is 5.32 Å². The van der Waals surface area contributed by atoms with Crippen LogP contribution in [0.2, 0.25) is 5.02 Å². The fourth-order valence-electron chi connectivity index (χ4n) is 4.05. The normalized spacial score (nSPS) is 17.2. The van der Waals surface area contributed by atoms with Gasteiger partial charge in [-0.3, -0.25) is 4.79 Å². The summed E-state index contributed by atoms with van der Waals surface area (Å²) in [7, 11) is 0. The summed E-state index contributed by atoms with van der Waals surface area (Å²) in [5.74, 6) is 1.02. The first-order chi connectivity index (χ1) is 14.6. The molecule has 0 bridgehead atoms. The molecule has 1 atom stereocenters. The molecule has 2 aliphatic carbocycles. The largest absolute Gasteiger partial charge is 0.349 e. The number of carbonyl (C=O) groups excluding carboxylic acids is 1. The van der Waals surface area contributed by atoms with E-state index in [4.69, 9.17) is 11.6 Å². The molecular weight excluding hydrogens is 435 g/mol. The molecular formula is C23H24ClFN4OS. The summed E-state index contributed by atoms with van der Waals surface area (Å²) in [4.78, 5) is 17.4. The number of aryl methyl sites for hydroxylation is 1. The maximum absolute atomic E-state index is 13.9. The molecule has 1 aromatic heterocycles. The second-order valence-corrected chi connectivity index (χ2v) is 8.55. The molecule has 0 unspecified atom stereocenters. The van der Waals surface area contributed by atoms with Crippen LogP contribution in [0.3, 0.4) is 0 Å². The Hall–Kier alpha value is -2.38. The fourth-order valence-corrected chi connectivity index (χ4v) is 4.17. The summed E-state index contributed by atoms with van der Waals surface area (Å²) in [6, 6.07) is 12.8. The van der Waals surface area contributed by atoms with Crippen LogP contribution in [0.25, 0.3) is 11.4 Å². The molecule has 5 nitrogen and oxygen atoms in total. The van der Waals surface area contributed by atoms with Crippen LogP contribution in [-0.2, 0) is 24.2 Å². The van der Waals surface area contributed by atoms with Crippen LogP contribution >= 0.6 is 25.1 Å². The van der Waals surface area contributed by atoms with Crippen molar-refractivity contribution in [2.24, 2.45) is 5.92 Å². The van der Waals surface area contributed by atoms with Crippen LogP contribution in [0.15, 0.2) is 42.5 Å². The van der Waals surface area contributed by atoms with E-state index in [1.54, 1.807) is 6.07 Å². The maximum atomic E-state index is 13.9. The Kier molecular flexibility index (Phi) is 6.34. The lowest BCUT2D eigenvalue weighted by Gasteiger charge is -2.14. The summed E-state index contributed by atoms with van der Waals surface area (Å²) in [6.07, 6.45) is 4.36. The van der Waals surface area contributed by atoms with Gasteiger partial charge in [0.1, 0.15) is 11.6 Å². The second kappa shape index (κ2) is 9.01. The maximum Gasteiger partial charge on any atom is 0.228 e. The number of hydrogen-bond acceptors (Lipinski definition) is 3. The summed E-state index contributed by atoms with van der Waals surface area (Å²) >= 11 is 5.79. The van der Waals surface area contributed by atoms with E-state index in [1.165, 1.54) is 23.3 Å². The van der Waals surface area contributed by atoms with E-state index in [1.807, 2.05) is 16.8 Å². The van der Waals surface area contributed by atoms with Crippen molar-refractivity contribution in [3.63, 3.8) is 0 Å². The van der Waals surface area contributed by atoms with Gasteiger partial charge in [0, 0.05) is 12.1 Å². The topological polar surface area (TPSA) is 59.8 Å². The predicted molar refractivity (Wildman–Crippen MR) is 123 cm³/mol. The number of hydrogen-bond donors (Lipinski definition) is 1. The van der Waals surface area contributed by atoms with Gasteiger partial charge in [-0.05, 0) is 60.9 Å². The van der Waals surface area contributed by atoms with Crippen LogP contribution in [0.5, 0.6) is 0 Å². The molecule has 1 N–H and O–H groups in total. The van der Waals surface area contributed by atoms with Crippen molar-refractivity contribution in [3.05, 3.63) is 70.3 Å². The lowest BCUT2D eigenvalue weighted by molar-refractivity contribution is -0.121. The van der Waals surface area contributed by atoms with Crippen LogP contribution < -0.4 is 5.32 Å². The average Bonchev–Trinajstić information content (AvgIpc) is 3.34. The van der Waals surface area contributed by atoms with Gasteiger partial charge in [-0.2, -0.15) is 18.6 Å². The summed E-state index contributed by atoms with van der Waals surface area (Å²) in [5, 5.41) is 7.78. The molecule has 0 aliphatic heterocycles. The number of carbonyl (C=O) groups is 1. The summed E-state index contributed by atoms with van der Waals surface area (Å²) in [6.45, 7) is 0.734. The van der Waals surface area contributed by atoms with Crippen molar-refractivity contribution in [2.75, 3.05) is 0 Å². The molecule has 1 heterocycles. The molecule has 2 aromatic carbocycles. The molecule has 8 heteroatoms. The standard InChI is InChI=1S/C23H22ClFN4O.H2S/c24-18-9-7-16(11-19(18)25)23-27-21(29(28-23)13-14-5-6-14)12-22(30)26-20-10-8-15-3-1-2-4-17(15)20;/h1-4,7,9,11,14,20H,5-6,8,10,12-13H2,(H,26,30);1H2/t20-;/m0./s1. The van der Waals surface area contributed by atoms with E-state index in [2.05, 4.69) is 27.5 Å². The van der Waals surface area contributed by atoms with Crippen molar-refractivity contribution < 1.29 is 9.18 Å². The number of amides is 1. The Labute approximate surface area is 192 Å². The average molecular weight is 459 g/mol. The van der Waals surface area contributed by atoms with Gasteiger partial charge in [-0.1, -0.05) is 35.9 Å². The molecule has 1 saturated carbocycles. The highest BCUT2D eigenvalue weighted by Crippen LogP contribution is 2.32. The third-order valence-corrected chi connectivity index (χ3v) is 6.15. The number of halogens is 2. The van der Waals surface area contributed by atoms with Crippen molar-refractivity contribution in [1.82, 2.24) is 20.1 Å². The monoisotopic (exact) mass is 458 g/mol. The number of fused-ring (bicyclic) bond motifs is 1. The number of rotatable bonds is 6. The quantitative estimate of drug-likeness (QED) is 0.587. The van der Waals surface area contributed by atoms with E-state index < -0.39 is 5.82 Å². The summed E-state index contributed by atoms with van der Waals surface area (Å²) < 4.78 is 15.7. The predicted octanol–water partition coefficient (Wildman–Crippen LogP) is 4.61. The van der Waals surface area contributed by atoms with Gasteiger partial charge in [-0.25, -0.2) is 14.1 Å². The van der Waals surface area contributed by atoms with Gasteiger partial charge in [0.2, 0.25) is 5.91 Å².